The van der Waals surface area contributed by atoms with Crippen LogP contribution in [-0.2, 0) is 19.2 Å². The number of aliphatic hydroxyl groups is 1. The maximum atomic E-state index is 12.0. The summed E-state index contributed by atoms with van der Waals surface area (Å²) in [7, 11) is 0. The quantitative estimate of drug-likeness (QED) is 0.194. The Morgan fingerprint density at radius 1 is 1.08 bits per heavy atom. The lowest BCUT2D eigenvalue weighted by Crippen LogP contribution is -2.55. The van der Waals surface area contributed by atoms with Gasteiger partial charge < -0.3 is 31.9 Å². The Hall–Kier alpha value is -1.85. The van der Waals surface area contributed by atoms with Crippen LogP contribution in [0.3, 0.4) is 0 Å². The summed E-state index contributed by atoms with van der Waals surface area (Å²) in [6.07, 6.45) is 0.199. The lowest BCUT2D eigenvalue weighted by atomic mass is 10.0. The van der Waals surface area contributed by atoms with Gasteiger partial charge in [0.25, 0.3) is 0 Å². The SMILES string of the molecule is CC(C)CC(NC(=O)C(CO)NC(=O)CNC(=O)C(N)CS)C(=O)O. The Labute approximate surface area is 151 Å². The van der Waals surface area contributed by atoms with E-state index in [2.05, 4.69) is 28.6 Å². The number of rotatable bonds is 11. The maximum Gasteiger partial charge on any atom is 0.326 e. The van der Waals surface area contributed by atoms with Crippen LogP contribution in [0.2, 0.25) is 0 Å². The molecule has 25 heavy (non-hydrogen) atoms. The van der Waals surface area contributed by atoms with E-state index in [9.17, 15) is 24.3 Å². The molecule has 0 spiro atoms. The molecule has 0 aliphatic carbocycles. The molecule has 0 bridgehead atoms. The first kappa shape index (κ1) is 23.1. The van der Waals surface area contributed by atoms with E-state index in [0.717, 1.165) is 0 Å². The van der Waals surface area contributed by atoms with Crippen LogP contribution in [0, 0.1) is 5.92 Å². The average Bonchev–Trinajstić information content (AvgIpc) is 2.55. The predicted octanol–water partition coefficient (Wildman–Crippen LogP) is -2.55. The molecule has 0 fully saturated rings. The largest absolute Gasteiger partial charge is 0.480 e. The lowest BCUT2D eigenvalue weighted by molar-refractivity contribution is -0.143. The van der Waals surface area contributed by atoms with Crippen molar-refractivity contribution in [3.05, 3.63) is 0 Å². The summed E-state index contributed by atoms with van der Waals surface area (Å²) in [6.45, 7) is 2.42. The summed E-state index contributed by atoms with van der Waals surface area (Å²) in [5.74, 6) is -3.24. The summed E-state index contributed by atoms with van der Waals surface area (Å²) in [4.78, 5) is 46.3. The van der Waals surface area contributed by atoms with Crippen molar-refractivity contribution in [2.24, 2.45) is 11.7 Å². The minimum absolute atomic E-state index is 0.0230. The number of hydrogen-bond donors (Lipinski definition) is 7. The van der Waals surface area contributed by atoms with Crippen LogP contribution >= 0.6 is 12.6 Å². The molecule has 0 aromatic carbocycles. The van der Waals surface area contributed by atoms with Crippen LogP contribution in [0.1, 0.15) is 20.3 Å². The number of carbonyl (C=O) groups excluding carboxylic acids is 3. The van der Waals surface area contributed by atoms with Gasteiger partial charge in [-0.3, -0.25) is 14.4 Å². The molecule has 0 aromatic rings. The number of amides is 3. The van der Waals surface area contributed by atoms with Gasteiger partial charge in [-0.2, -0.15) is 12.6 Å². The Morgan fingerprint density at radius 2 is 1.68 bits per heavy atom. The van der Waals surface area contributed by atoms with Crippen molar-refractivity contribution < 1.29 is 29.4 Å². The molecule has 7 N–H and O–H groups in total. The van der Waals surface area contributed by atoms with Crippen LogP contribution in [-0.4, -0.2) is 70.9 Å². The van der Waals surface area contributed by atoms with Gasteiger partial charge in [0, 0.05) is 5.75 Å². The van der Waals surface area contributed by atoms with Crippen LogP contribution in [0.4, 0.5) is 0 Å². The van der Waals surface area contributed by atoms with Crippen molar-refractivity contribution in [1.82, 2.24) is 16.0 Å². The maximum absolute atomic E-state index is 12.0. The number of carbonyl (C=O) groups is 4. The predicted molar refractivity (Wildman–Crippen MR) is 92.9 cm³/mol. The molecule has 10 nitrogen and oxygen atoms in total. The fourth-order valence-corrected chi connectivity index (χ4v) is 1.95. The summed E-state index contributed by atoms with van der Waals surface area (Å²) in [5, 5.41) is 25.1. The molecule has 0 aromatic heterocycles. The van der Waals surface area contributed by atoms with Gasteiger partial charge in [-0.15, -0.1) is 0 Å². The molecule has 0 saturated heterocycles. The molecule has 0 rings (SSSR count). The molecule has 3 amide bonds. The second-order valence-corrected chi connectivity index (χ2v) is 6.20. The van der Waals surface area contributed by atoms with E-state index in [1.54, 1.807) is 13.8 Å². The summed E-state index contributed by atoms with van der Waals surface area (Å²) in [6, 6.07) is -3.34. The molecule has 144 valence electrons. The summed E-state index contributed by atoms with van der Waals surface area (Å²) < 4.78 is 0. The Kier molecular flexibility index (Phi) is 10.8. The molecule has 0 saturated carbocycles. The zero-order valence-electron chi connectivity index (χ0n) is 14.2. The number of nitrogens with one attached hydrogen (secondary N) is 3. The second kappa shape index (κ2) is 11.7. The highest BCUT2D eigenvalue weighted by atomic mass is 32.1. The number of carboxylic acids is 1. The van der Waals surface area contributed by atoms with E-state index < -0.39 is 55.0 Å². The molecular formula is C14H26N4O6S. The topological polar surface area (TPSA) is 171 Å². The zero-order chi connectivity index (χ0) is 19.6. The average molecular weight is 378 g/mol. The van der Waals surface area contributed by atoms with Gasteiger partial charge in [0.15, 0.2) is 0 Å². The fraction of sp³-hybridized carbons (Fsp3) is 0.714. The molecule has 0 radical (unpaired) electrons. The third kappa shape index (κ3) is 9.27. The highest BCUT2D eigenvalue weighted by Gasteiger charge is 2.26. The molecule has 11 heteroatoms. The fourth-order valence-electron chi connectivity index (χ4n) is 1.79. The number of aliphatic carboxylic acids is 1. The highest BCUT2D eigenvalue weighted by Crippen LogP contribution is 2.05. The van der Waals surface area contributed by atoms with E-state index in [4.69, 9.17) is 10.8 Å². The number of nitrogens with two attached hydrogens (primary N) is 1. The van der Waals surface area contributed by atoms with E-state index >= 15 is 0 Å². The molecule has 0 heterocycles. The highest BCUT2D eigenvalue weighted by molar-refractivity contribution is 7.80. The van der Waals surface area contributed by atoms with Crippen molar-refractivity contribution >= 4 is 36.3 Å². The summed E-state index contributed by atoms with van der Waals surface area (Å²) in [5.41, 5.74) is 5.42. The van der Waals surface area contributed by atoms with Crippen molar-refractivity contribution in [2.45, 2.75) is 38.4 Å². The Bertz CT molecular complexity index is 488. The first-order chi connectivity index (χ1) is 11.6. The second-order valence-electron chi connectivity index (χ2n) is 5.84. The number of hydrogen-bond acceptors (Lipinski definition) is 7. The first-order valence-corrected chi connectivity index (χ1v) is 8.33. The molecule has 0 aliphatic heterocycles. The first-order valence-electron chi connectivity index (χ1n) is 7.69. The van der Waals surface area contributed by atoms with E-state index in [0.29, 0.717) is 0 Å². The van der Waals surface area contributed by atoms with Crippen LogP contribution < -0.4 is 21.7 Å². The number of thiol groups is 1. The normalized spacial score (nSPS) is 14.3. The van der Waals surface area contributed by atoms with Gasteiger partial charge in [0.2, 0.25) is 17.7 Å². The molecule has 3 unspecified atom stereocenters. The van der Waals surface area contributed by atoms with Crippen molar-refractivity contribution in [1.29, 1.82) is 0 Å². The van der Waals surface area contributed by atoms with E-state index in [1.807, 2.05) is 0 Å². The Morgan fingerprint density at radius 3 is 2.12 bits per heavy atom. The molecule has 3 atom stereocenters. The van der Waals surface area contributed by atoms with Gasteiger partial charge in [-0.25, -0.2) is 4.79 Å². The third-order valence-electron chi connectivity index (χ3n) is 3.11. The molecule has 0 aliphatic rings. The monoisotopic (exact) mass is 378 g/mol. The standard InChI is InChI=1S/C14H26N4O6S/c1-7(2)3-9(14(23)24)18-13(22)10(5-19)17-11(20)4-16-12(21)8(15)6-25/h7-10,19,25H,3-6,15H2,1-2H3,(H,16,21)(H,17,20)(H,18,22)(H,23,24). The van der Waals surface area contributed by atoms with Crippen LogP contribution in [0.15, 0.2) is 0 Å². The minimum Gasteiger partial charge on any atom is -0.480 e. The van der Waals surface area contributed by atoms with Gasteiger partial charge in [0.1, 0.15) is 12.1 Å². The van der Waals surface area contributed by atoms with E-state index in [-0.39, 0.29) is 18.1 Å². The van der Waals surface area contributed by atoms with Gasteiger partial charge in [-0.05, 0) is 12.3 Å². The van der Waals surface area contributed by atoms with Crippen molar-refractivity contribution in [3.63, 3.8) is 0 Å². The smallest absolute Gasteiger partial charge is 0.326 e. The van der Waals surface area contributed by atoms with Crippen LogP contribution in [0.5, 0.6) is 0 Å². The number of carboxylic acid groups (broad SMARTS) is 1. The Balaban J connectivity index is 4.60. The molecular weight excluding hydrogens is 352 g/mol. The van der Waals surface area contributed by atoms with E-state index in [1.165, 1.54) is 0 Å². The van der Waals surface area contributed by atoms with Gasteiger partial charge in [0.05, 0.1) is 19.2 Å². The third-order valence-corrected chi connectivity index (χ3v) is 3.51. The van der Waals surface area contributed by atoms with Crippen LogP contribution in [0.25, 0.3) is 0 Å². The van der Waals surface area contributed by atoms with Crippen molar-refractivity contribution in [3.8, 4) is 0 Å². The van der Waals surface area contributed by atoms with Gasteiger partial charge in [-0.1, -0.05) is 13.8 Å². The van der Waals surface area contributed by atoms with Crippen molar-refractivity contribution in [2.75, 3.05) is 18.9 Å². The van der Waals surface area contributed by atoms with Gasteiger partial charge >= 0.3 is 5.97 Å². The lowest BCUT2D eigenvalue weighted by Gasteiger charge is -2.21. The number of aliphatic hydroxyl groups excluding tert-OH is 1. The zero-order valence-corrected chi connectivity index (χ0v) is 15.1. The summed E-state index contributed by atoms with van der Waals surface area (Å²) >= 11 is 3.85. The minimum atomic E-state index is -1.34.